The Morgan fingerprint density at radius 3 is 2.27 bits per heavy atom. The summed E-state index contributed by atoms with van der Waals surface area (Å²) < 4.78 is 28.3. The third-order valence-electron chi connectivity index (χ3n) is 3.95. The largest absolute Gasteiger partial charge is 1.00 e. The number of furan rings is 1. The second-order valence-corrected chi connectivity index (χ2v) is 7.41. The Bertz CT molecular complexity index is 923. The van der Waals surface area contributed by atoms with Gasteiger partial charge in [-0.15, -0.1) is 0 Å². The summed E-state index contributed by atoms with van der Waals surface area (Å²) in [5.74, 6) is 1.81. The zero-order valence-electron chi connectivity index (χ0n) is 14.1. The number of quaternary nitrogens is 1. The summed E-state index contributed by atoms with van der Waals surface area (Å²) in [5, 5.41) is 7.26. The van der Waals surface area contributed by atoms with Gasteiger partial charge in [0, 0.05) is 12.0 Å². The van der Waals surface area contributed by atoms with E-state index in [2.05, 4.69) is 5.32 Å². The lowest BCUT2D eigenvalue weighted by atomic mass is 10.1. The predicted octanol–water partition coefficient (Wildman–Crippen LogP) is -1.10. The van der Waals surface area contributed by atoms with E-state index in [1.165, 1.54) is 0 Å². The molecule has 0 radical (unpaired) electrons. The molecule has 0 aliphatic rings. The lowest BCUT2D eigenvalue weighted by Crippen LogP contribution is -3.00. The number of hydrogen-bond acceptors (Lipinski definition) is 3. The molecule has 5 nitrogen and oxygen atoms in total. The lowest BCUT2D eigenvalue weighted by molar-refractivity contribution is -0.671. The second kappa shape index (κ2) is 9.00. The van der Waals surface area contributed by atoms with Crippen molar-refractivity contribution in [3.8, 4) is 11.3 Å². The molecule has 26 heavy (non-hydrogen) atoms. The van der Waals surface area contributed by atoms with E-state index in [1.807, 2.05) is 42.5 Å². The van der Waals surface area contributed by atoms with Crippen LogP contribution in [-0.2, 0) is 23.0 Å². The van der Waals surface area contributed by atoms with E-state index in [0.29, 0.717) is 0 Å². The van der Waals surface area contributed by atoms with Gasteiger partial charge in [-0.05, 0) is 29.8 Å². The molecule has 2 aromatic carbocycles. The Labute approximate surface area is 159 Å². The zero-order valence-corrected chi connectivity index (χ0v) is 15.7. The fraction of sp³-hybridized carbons (Fsp3) is 0.158. The number of primary sulfonamides is 1. The number of nitrogens with two attached hydrogens (primary N) is 2. The van der Waals surface area contributed by atoms with E-state index in [4.69, 9.17) is 9.56 Å². The van der Waals surface area contributed by atoms with Crippen LogP contribution in [0, 0.1) is 0 Å². The number of halogens is 1. The van der Waals surface area contributed by atoms with Gasteiger partial charge in [0.2, 0.25) is 10.0 Å². The van der Waals surface area contributed by atoms with Crippen molar-refractivity contribution in [3.63, 3.8) is 0 Å². The first-order valence-electron chi connectivity index (χ1n) is 8.10. The quantitative estimate of drug-likeness (QED) is 0.500. The van der Waals surface area contributed by atoms with Crippen molar-refractivity contribution in [2.24, 2.45) is 5.14 Å². The maximum Gasteiger partial charge on any atom is 0.238 e. The van der Waals surface area contributed by atoms with Crippen molar-refractivity contribution < 1.29 is 30.6 Å². The monoisotopic (exact) mass is 392 g/mol. The summed E-state index contributed by atoms with van der Waals surface area (Å²) in [7, 11) is -3.62. The first kappa shape index (κ1) is 20.2. The van der Waals surface area contributed by atoms with Gasteiger partial charge in [0.1, 0.15) is 12.3 Å². The summed E-state index contributed by atoms with van der Waals surface area (Å²) in [6.07, 6.45) is 0.844. The van der Waals surface area contributed by atoms with Crippen LogP contribution in [0.5, 0.6) is 0 Å². The summed E-state index contributed by atoms with van der Waals surface area (Å²) in [6, 6.07) is 20.7. The van der Waals surface area contributed by atoms with Crippen LogP contribution in [0.3, 0.4) is 0 Å². The van der Waals surface area contributed by atoms with Crippen LogP contribution in [0.1, 0.15) is 11.3 Å². The van der Waals surface area contributed by atoms with Gasteiger partial charge in [0.15, 0.2) is 5.76 Å². The van der Waals surface area contributed by atoms with Crippen molar-refractivity contribution in [2.75, 3.05) is 6.54 Å². The van der Waals surface area contributed by atoms with E-state index in [9.17, 15) is 8.42 Å². The standard InChI is InChI=1S/C19H20N2O3S.ClH/c20-25(22,23)18-9-6-15(7-10-18)12-13-21-14-17-8-11-19(24-17)16-4-2-1-3-5-16;/h1-11,21H,12-14H2,(H2,20,22,23);1H. The number of sulfonamides is 1. The Balaban J connectivity index is 0.00000243. The van der Waals surface area contributed by atoms with Crippen LogP contribution in [0.15, 0.2) is 76.0 Å². The molecule has 0 amide bonds. The van der Waals surface area contributed by atoms with Crippen molar-refractivity contribution in [2.45, 2.75) is 17.9 Å². The molecule has 0 fully saturated rings. The van der Waals surface area contributed by atoms with Crippen LogP contribution in [0.4, 0.5) is 0 Å². The SMILES string of the molecule is NS(=O)(=O)c1ccc(CC[NH2+]Cc2ccc(-c3ccccc3)o2)cc1.[Cl-]. The van der Waals surface area contributed by atoms with Gasteiger partial charge in [0.25, 0.3) is 0 Å². The minimum absolute atomic E-state index is 0. The fourth-order valence-electron chi connectivity index (χ4n) is 2.60. The Morgan fingerprint density at radius 2 is 1.62 bits per heavy atom. The molecule has 0 spiro atoms. The summed E-state index contributed by atoms with van der Waals surface area (Å²) in [5.41, 5.74) is 2.15. The fourth-order valence-corrected chi connectivity index (χ4v) is 3.12. The smallest absolute Gasteiger partial charge is 0.238 e. The molecule has 0 unspecified atom stereocenters. The van der Waals surface area contributed by atoms with Gasteiger partial charge in [-0.1, -0.05) is 42.5 Å². The molecule has 0 bridgehead atoms. The Morgan fingerprint density at radius 1 is 0.923 bits per heavy atom. The third kappa shape index (κ3) is 5.44. The van der Waals surface area contributed by atoms with Crippen LogP contribution in [0.25, 0.3) is 11.3 Å². The molecular weight excluding hydrogens is 372 g/mol. The van der Waals surface area contributed by atoms with Crippen LogP contribution < -0.4 is 22.9 Å². The summed E-state index contributed by atoms with van der Waals surface area (Å²) in [6.45, 7) is 1.65. The highest BCUT2D eigenvalue weighted by atomic mass is 35.5. The molecule has 0 atom stereocenters. The highest BCUT2D eigenvalue weighted by Crippen LogP contribution is 2.21. The molecule has 0 aliphatic carbocycles. The van der Waals surface area contributed by atoms with Gasteiger partial charge in [-0.3, -0.25) is 0 Å². The highest BCUT2D eigenvalue weighted by molar-refractivity contribution is 7.89. The maximum absolute atomic E-state index is 11.2. The van der Waals surface area contributed by atoms with Gasteiger partial charge in [-0.2, -0.15) is 0 Å². The van der Waals surface area contributed by atoms with Crippen LogP contribution in [0.2, 0.25) is 0 Å². The molecule has 138 valence electrons. The minimum Gasteiger partial charge on any atom is -1.00 e. The van der Waals surface area contributed by atoms with E-state index >= 15 is 0 Å². The molecule has 1 heterocycles. The van der Waals surface area contributed by atoms with Crippen molar-refractivity contribution >= 4 is 10.0 Å². The average molecular weight is 393 g/mol. The summed E-state index contributed by atoms with van der Waals surface area (Å²) in [4.78, 5) is 0.143. The first-order chi connectivity index (χ1) is 12.0. The lowest BCUT2D eigenvalue weighted by Gasteiger charge is -2.03. The topological polar surface area (TPSA) is 89.9 Å². The van der Waals surface area contributed by atoms with E-state index in [1.54, 1.807) is 24.3 Å². The van der Waals surface area contributed by atoms with Gasteiger partial charge in [0.05, 0.1) is 11.4 Å². The maximum atomic E-state index is 11.2. The second-order valence-electron chi connectivity index (χ2n) is 5.85. The molecule has 7 heteroatoms. The molecular formula is C19H21ClN2O3S. The molecule has 0 saturated carbocycles. The molecule has 1 aromatic heterocycles. The van der Waals surface area contributed by atoms with Gasteiger partial charge < -0.3 is 22.1 Å². The van der Waals surface area contributed by atoms with Crippen molar-refractivity contribution in [3.05, 3.63) is 78.1 Å². The van der Waals surface area contributed by atoms with Crippen molar-refractivity contribution in [1.29, 1.82) is 0 Å². The predicted molar refractivity (Wildman–Crippen MR) is 96.2 cm³/mol. The van der Waals surface area contributed by atoms with Crippen LogP contribution >= 0.6 is 0 Å². The molecule has 0 saturated heterocycles. The van der Waals surface area contributed by atoms with Gasteiger partial charge in [-0.25, -0.2) is 13.6 Å². The molecule has 3 rings (SSSR count). The number of rotatable bonds is 7. The highest BCUT2D eigenvalue weighted by Gasteiger charge is 2.08. The Hall–Kier alpha value is -2.12. The summed E-state index contributed by atoms with van der Waals surface area (Å²) >= 11 is 0. The molecule has 3 aromatic rings. The zero-order chi connectivity index (χ0) is 17.7. The Kier molecular flexibility index (Phi) is 6.99. The van der Waals surface area contributed by atoms with E-state index in [-0.39, 0.29) is 17.3 Å². The minimum atomic E-state index is -3.62. The number of hydrogen-bond donors (Lipinski definition) is 2. The van der Waals surface area contributed by atoms with Gasteiger partial charge >= 0.3 is 0 Å². The molecule has 4 N–H and O–H groups in total. The normalized spacial score (nSPS) is 11.1. The van der Waals surface area contributed by atoms with Crippen LogP contribution in [-0.4, -0.2) is 15.0 Å². The number of benzene rings is 2. The van der Waals surface area contributed by atoms with E-state index in [0.717, 1.165) is 42.2 Å². The van der Waals surface area contributed by atoms with Crippen molar-refractivity contribution in [1.82, 2.24) is 0 Å². The average Bonchev–Trinajstić information content (AvgIpc) is 3.08. The van der Waals surface area contributed by atoms with E-state index < -0.39 is 10.0 Å². The molecule has 0 aliphatic heterocycles. The third-order valence-corrected chi connectivity index (χ3v) is 4.88. The first-order valence-corrected chi connectivity index (χ1v) is 9.64.